The molecule has 1 atom stereocenters. The lowest BCUT2D eigenvalue weighted by molar-refractivity contribution is -0.121. The summed E-state index contributed by atoms with van der Waals surface area (Å²) in [6, 6.07) is 7.91. The van der Waals surface area contributed by atoms with Gasteiger partial charge in [-0.25, -0.2) is 0 Å². The van der Waals surface area contributed by atoms with Gasteiger partial charge in [0.15, 0.2) is 0 Å². The van der Waals surface area contributed by atoms with E-state index in [-0.39, 0.29) is 11.9 Å². The molecule has 1 aromatic rings. The van der Waals surface area contributed by atoms with Crippen LogP contribution < -0.4 is 15.4 Å². The van der Waals surface area contributed by atoms with Gasteiger partial charge in [0.25, 0.3) is 0 Å². The molecule has 2 N–H and O–H groups in total. The molecule has 4 nitrogen and oxygen atoms in total. The highest BCUT2D eigenvalue weighted by molar-refractivity contribution is 5.79. The maximum Gasteiger partial charge on any atom is 0.224 e. The lowest BCUT2D eigenvalue weighted by atomic mass is 10.1. The van der Waals surface area contributed by atoms with Crippen LogP contribution in [0.3, 0.4) is 0 Å². The molecule has 1 aliphatic heterocycles. The van der Waals surface area contributed by atoms with Gasteiger partial charge in [-0.05, 0) is 37.1 Å². The van der Waals surface area contributed by atoms with Gasteiger partial charge in [0.2, 0.25) is 5.91 Å². The van der Waals surface area contributed by atoms with Crippen molar-refractivity contribution in [3.63, 3.8) is 0 Å². The quantitative estimate of drug-likeness (QED) is 0.839. The number of benzene rings is 1. The van der Waals surface area contributed by atoms with Gasteiger partial charge in [-0.3, -0.25) is 4.79 Å². The van der Waals surface area contributed by atoms with Crippen LogP contribution >= 0.6 is 0 Å². The summed E-state index contributed by atoms with van der Waals surface area (Å²) in [6.45, 7) is 1.94. The van der Waals surface area contributed by atoms with Crippen LogP contribution in [0.25, 0.3) is 0 Å². The van der Waals surface area contributed by atoms with Crippen LogP contribution in [-0.2, 0) is 11.2 Å². The van der Waals surface area contributed by atoms with Crippen LogP contribution in [0.2, 0.25) is 0 Å². The van der Waals surface area contributed by atoms with Gasteiger partial charge in [0.05, 0.1) is 13.5 Å². The predicted octanol–water partition coefficient (Wildman–Crippen LogP) is 1.11. The smallest absolute Gasteiger partial charge is 0.224 e. The van der Waals surface area contributed by atoms with Gasteiger partial charge < -0.3 is 15.4 Å². The Balaban J connectivity index is 1.85. The fourth-order valence-corrected chi connectivity index (χ4v) is 2.22. The Morgan fingerprint density at radius 3 is 3.17 bits per heavy atom. The van der Waals surface area contributed by atoms with Crippen LogP contribution in [0.15, 0.2) is 24.3 Å². The standard InChI is InChI=1S/C14H20N2O2/c1-18-13-6-2-4-11(8-13)9-14(17)16-12-5-3-7-15-10-12/h2,4,6,8,12,15H,3,5,7,9-10H2,1H3,(H,16,17)/t12-/m1/s1. The predicted molar refractivity (Wildman–Crippen MR) is 70.7 cm³/mol. The summed E-state index contributed by atoms with van der Waals surface area (Å²) in [6.07, 6.45) is 2.61. The van der Waals surface area contributed by atoms with Gasteiger partial charge in [-0.15, -0.1) is 0 Å². The molecule has 0 aliphatic carbocycles. The van der Waals surface area contributed by atoms with E-state index in [1.807, 2.05) is 24.3 Å². The number of methoxy groups -OCH3 is 1. The summed E-state index contributed by atoms with van der Waals surface area (Å²) < 4.78 is 5.14. The summed E-state index contributed by atoms with van der Waals surface area (Å²) in [5, 5.41) is 6.35. The van der Waals surface area contributed by atoms with E-state index in [4.69, 9.17) is 4.74 Å². The zero-order valence-corrected chi connectivity index (χ0v) is 10.7. The molecule has 2 rings (SSSR count). The van der Waals surface area contributed by atoms with E-state index in [2.05, 4.69) is 10.6 Å². The Morgan fingerprint density at radius 1 is 1.56 bits per heavy atom. The van der Waals surface area contributed by atoms with Gasteiger partial charge in [-0.1, -0.05) is 12.1 Å². The molecule has 0 radical (unpaired) electrons. The second-order valence-electron chi connectivity index (χ2n) is 4.64. The number of rotatable bonds is 4. The Hall–Kier alpha value is -1.55. The zero-order chi connectivity index (χ0) is 12.8. The molecule has 1 fully saturated rings. The summed E-state index contributed by atoms with van der Waals surface area (Å²) >= 11 is 0. The molecule has 0 aromatic heterocycles. The third-order valence-electron chi connectivity index (χ3n) is 3.16. The molecule has 0 spiro atoms. The second-order valence-corrected chi connectivity index (χ2v) is 4.64. The zero-order valence-electron chi connectivity index (χ0n) is 10.7. The van der Waals surface area contributed by atoms with Crippen molar-refractivity contribution in [2.24, 2.45) is 0 Å². The van der Waals surface area contributed by atoms with E-state index in [0.29, 0.717) is 6.42 Å². The van der Waals surface area contributed by atoms with Crippen molar-refractivity contribution in [1.82, 2.24) is 10.6 Å². The molecular formula is C14H20N2O2. The molecule has 1 aliphatic rings. The van der Waals surface area contributed by atoms with Gasteiger partial charge in [-0.2, -0.15) is 0 Å². The third kappa shape index (κ3) is 3.74. The van der Waals surface area contributed by atoms with Crippen molar-refractivity contribution in [3.8, 4) is 5.75 Å². The second kappa shape index (κ2) is 6.40. The van der Waals surface area contributed by atoms with Crippen molar-refractivity contribution >= 4 is 5.91 Å². The summed E-state index contributed by atoms with van der Waals surface area (Å²) in [5.74, 6) is 0.872. The first-order valence-electron chi connectivity index (χ1n) is 6.41. The average Bonchev–Trinajstić information content (AvgIpc) is 2.40. The van der Waals surface area contributed by atoms with E-state index in [9.17, 15) is 4.79 Å². The summed E-state index contributed by atoms with van der Waals surface area (Å²) in [5.41, 5.74) is 0.982. The number of piperidine rings is 1. The molecule has 18 heavy (non-hydrogen) atoms. The molecule has 1 heterocycles. The first-order chi connectivity index (χ1) is 8.78. The van der Waals surface area contributed by atoms with E-state index < -0.39 is 0 Å². The molecule has 0 unspecified atom stereocenters. The van der Waals surface area contributed by atoms with Crippen LogP contribution in [0.5, 0.6) is 5.75 Å². The largest absolute Gasteiger partial charge is 0.497 e. The number of ether oxygens (including phenoxy) is 1. The van der Waals surface area contributed by atoms with Gasteiger partial charge in [0, 0.05) is 12.6 Å². The minimum Gasteiger partial charge on any atom is -0.497 e. The number of carbonyl (C=O) groups is 1. The van der Waals surface area contributed by atoms with Crippen LogP contribution in [0, 0.1) is 0 Å². The van der Waals surface area contributed by atoms with Crippen LogP contribution in [-0.4, -0.2) is 32.1 Å². The Labute approximate surface area is 108 Å². The first-order valence-corrected chi connectivity index (χ1v) is 6.41. The van der Waals surface area contributed by atoms with E-state index in [0.717, 1.165) is 37.2 Å². The third-order valence-corrected chi connectivity index (χ3v) is 3.16. The maximum atomic E-state index is 11.9. The normalized spacial score (nSPS) is 19.3. The molecule has 98 valence electrons. The lowest BCUT2D eigenvalue weighted by Gasteiger charge is -2.23. The van der Waals surface area contributed by atoms with Crippen LogP contribution in [0.4, 0.5) is 0 Å². The highest BCUT2D eigenvalue weighted by Crippen LogP contribution is 2.13. The van der Waals surface area contributed by atoms with Crippen molar-refractivity contribution in [2.75, 3.05) is 20.2 Å². The fourth-order valence-electron chi connectivity index (χ4n) is 2.22. The minimum atomic E-state index is 0.0805. The fraction of sp³-hybridized carbons (Fsp3) is 0.500. The molecule has 1 aromatic carbocycles. The van der Waals surface area contributed by atoms with Crippen molar-refractivity contribution < 1.29 is 9.53 Å². The molecule has 0 bridgehead atoms. The highest BCUT2D eigenvalue weighted by atomic mass is 16.5. The number of carbonyl (C=O) groups excluding carboxylic acids is 1. The summed E-state index contributed by atoms with van der Waals surface area (Å²) in [4.78, 5) is 11.9. The molecule has 4 heteroatoms. The molecule has 0 saturated carbocycles. The van der Waals surface area contributed by atoms with Crippen molar-refractivity contribution in [3.05, 3.63) is 29.8 Å². The van der Waals surface area contributed by atoms with E-state index in [1.54, 1.807) is 7.11 Å². The monoisotopic (exact) mass is 248 g/mol. The number of amides is 1. The minimum absolute atomic E-state index is 0.0805. The Kier molecular flexibility index (Phi) is 4.59. The lowest BCUT2D eigenvalue weighted by Crippen LogP contribution is -2.46. The topological polar surface area (TPSA) is 50.4 Å². The van der Waals surface area contributed by atoms with E-state index >= 15 is 0 Å². The molecule has 1 amide bonds. The van der Waals surface area contributed by atoms with Crippen LogP contribution in [0.1, 0.15) is 18.4 Å². The number of hydrogen-bond donors (Lipinski definition) is 2. The Bertz CT molecular complexity index is 401. The number of hydrogen-bond acceptors (Lipinski definition) is 3. The summed E-state index contributed by atoms with van der Waals surface area (Å²) in [7, 11) is 1.63. The van der Waals surface area contributed by atoms with Crippen molar-refractivity contribution in [2.45, 2.75) is 25.3 Å². The first kappa shape index (κ1) is 12.9. The highest BCUT2D eigenvalue weighted by Gasteiger charge is 2.15. The van der Waals surface area contributed by atoms with Crippen molar-refractivity contribution in [1.29, 1.82) is 0 Å². The van der Waals surface area contributed by atoms with E-state index in [1.165, 1.54) is 0 Å². The SMILES string of the molecule is COc1cccc(CC(=O)N[C@@H]2CCCNC2)c1. The average molecular weight is 248 g/mol. The van der Waals surface area contributed by atoms with Gasteiger partial charge in [0.1, 0.15) is 5.75 Å². The number of nitrogens with one attached hydrogen (secondary N) is 2. The Morgan fingerprint density at radius 2 is 2.44 bits per heavy atom. The van der Waals surface area contributed by atoms with Gasteiger partial charge >= 0.3 is 0 Å². The molecule has 1 saturated heterocycles. The maximum absolute atomic E-state index is 11.9. The molecular weight excluding hydrogens is 228 g/mol.